The van der Waals surface area contributed by atoms with Crippen molar-refractivity contribution < 1.29 is 9.90 Å². The first-order valence-electron chi connectivity index (χ1n) is 4.67. The summed E-state index contributed by atoms with van der Waals surface area (Å²) in [6.45, 7) is 1.79. The third kappa shape index (κ3) is 2.10. The molecule has 0 aliphatic rings. The van der Waals surface area contributed by atoms with Crippen molar-refractivity contribution in [2.45, 2.75) is 6.92 Å². The monoisotopic (exact) mass is 252 g/mol. The maximum absolute atomic E-state index is 11.0. The summed E-state index contributed by atoms with van der Waals surface area (Å²) in [7, 11) is 0. The summed E-state index contributed by atoms with van der Waals surface area (Å²) in [5, 5.41) is 9.02. The number of aromatic carboxylic acids is 1. The standard InChI is InChI=1S/C12H9ClO2S/c1-7-2-3-8(6-9(7)12(14)15)10-4-5-11(13)16-10/h2-6H,1H3,(H,14,15). The van der Waals surface area contributed by atoms with E-state index in [1.165, 1.54) is 11.3 Å². The zero-order valence-corrected chi connectivity index (χ0v) is 10.1. The van der Waals surface area contributed by atoms with Gasteiger partial charge in [-0.2, -0.15) is 0 Å². The molecule has 0 saturated heterocycles. The molecule has 1 aromatic heterocycles. The van der Waals surface area contributed by atoms with Gasteiger partial charge in [-0.1, -0.05) is 23.7 Å². The van der Waals surface area contributed by atoms with E-state index in [4.69, 9.17) is 16.7 Å². The summed E-state index contributed by atoms with van der Waals surface area (Å²) in [6, 6.07) is 9.10. The third-order valence-electron chi connectivity index (χ3n) is 2.33. The van der Waals surface area contributed by atoms with E-state index >= 15 is 0 Å². The lowest BCUT2D eigenvalue weighted by atomic mass is 10.0. The van der Waals surface area contributed by atoms with Crippen LogP contribution in [0.4, 0.5) is 0 Å². The van der Waals surface area contributed by atoms with Crippen LogP contribution in [0.3, 0.4) is 0 Å². The highest BCUT2D eigenvalue weighted by Crippen LogP contribution is 2.31. The Kier molecular flexibility index (Phi) is 2.99. The Hall–Kier alpha value is -1.32. The molecular weight excluding hydrogens is 244 g/mol. The number of hydrogen-bond donors (Lipinski definition) is 1. The van der Waals surface area contributed by atoms with Crippen molar-refractivity contribution in [3.63, 3.8) is 0 Å². The van der Waals surface area contributed by atoms with Crippen molar-refractivity contribution in [3.05, 3.63) is 45.8 Å². The first kappa shape index (κ1) is 11.2. The van der Waals surface area contributed by atoms with Gasteiger partial charge in [0.2, 0.25) is 0 Å². The van der Waals surface area contributed by atoms with E-state index in [0.717, 1.165) is 16.0 Å². The molecule has 2 rings (SSSR count). The molecule has 0 aliphatic heterocycles. The van der Waals surface area contributed by atoms with Gasteiger partial charge in [0.1, 0.15) is 0 Å². The Morgan fingerprint density at radius 1 is 1.31 bits per heavy atom. The summed E-state index contributed by atoms with van der Waals surface area (Å²) >= 11 is 7.29. The lowest BCUT2D eigenvalue weighted by Crippen LogP contribution is -1.99. The maximum atomic E-state index is 11.0. The van der Waals surface area contributed by atoms with Crippen LogP contribution in [0.25, 0.3) is 10.4 Å². The summed E-state index contributed by atoms with van der Waals surface area (Å²) in [6.07, 6.45) is 0. The van der Waals surface area contributed by atoms with Crippen molar-refractivity contribution in [1.29, 1.82) is 0 Å². The van der Waals surface area contributed by atoms with E-state index in [1.54, 1.807) is 13.0 Å². The Morgan fingerprint density at radius 3 is 2.62 bits per heavy atom. The van der Waals surface area contributed by atoms with Gasteiger partial charge in [-0.3, -0.25) is 0 Å². The van der Waals surface area contributed by atoms with Crippen LogP contribution in [0.5, 0.6) is 0 Å². The minimum absolute atomic E-state index is 0.335. The third-order valence-corrected chi connectivity index (χ3v) is 3.61. The highest BCUT2D eigenvalue weighted by atomic mass is 35.5. The smallest absolute Gasteiger partial charge is 0.335 e. The van der Waals surface area contributed by atoms with Crippen LogP contribution >= 0.6 is 22.9 Å². The topological polar surface area (TPSA) is 37.3 Å². The summed E-state index contributed by atoms with van der Waals surface area (Å²) in [5.74, 6) is -0.901. The van der Waals surface area contributed by atoms with Gasteiger partial charge < -0.3 is 5.11 Å². The van der Waals surface area contributed by atoms with Crippen molar-refractivity contribution in [3.8, 4) is 10.4 Å². The molecule has 16 heavy (non-hydrogen) atoms. The molecule has 1 aromatic carbocycles. The van der Waals surface area contributed by atoms with Crippen molar-refractivity contribution in [2.75, 3.05) is 0 Å². The Balaban J connectivity index is 2.51. The number of carbonyl (C=O) groups is 1. The zero-order chi connectivity index (χ0) is 11.7. The molecule has 0 radical (unpaired) electrons. The van der Waals surface area contributed by atoms with E-state index in [2.05, 4.69) is 0 Å². The highest BCUT2D eigenvalue weighted by Gasteiger charge is 2.09. The molecule has 0 atom stereocenters. The van der Waals surface area contributed by atoms with E-state index < -0.39 is 5.97 Å². The molecule has 2 nitrogen and oxygen atoms in total. The molecule has 0 amide bonds. The Morgan fingerprint density at radius 2 is 2.06 bits per heavy atom. The summed E-state index contributed by atoms with van der Waals surface area (Å²) < 4.78 is 0.701. The minimum atomic E-state index is -0.901. The molecule has 2 aromatic rings. The van der Waals surface area contributed by atoms with Gasteiger partial charge >= 0.3 is 5.97 Å². The van der Waals surface area contributed by atoms with Gasteiger partial charge in [-0.05, 0) is 36.2 Å². The predicted octanol–water partition coefficient (Wildman–Crippen LogP) is 4.08. The fourth-order valence-corrected chi connectivity index (χ4v) is 2.51. The minimum Gasteiger partial charge on any atom is -0.478 e. The van der Waals surface area contributed by atoms with E-state index in [9.17, 15) is 4.79 Å². The first-order chi connectivity index (χ1) is 7.58. The maximum Gasteiger partial charge on any atom is 0.335 e. The number of halogens is 1. The SMILES string of the molecule is Cc1ccc(-c2ccc(Cl)s2)cc1C(=O)O. The average molecular weight is 253 g/mol. The molecule has 82 valence electrons. The molecule has 1 N–H and O–H groups in total. The number of hydrogen-bond acceptors (Lipinski definition) is 2. The van der Waals surface area contributed by atoms with E-state index in [0.29, 0.717) is 9.90 Å². The fourth-order valence-electron chi connectivity index (χ4n) is 1.48. The van der Waals surface area contributed by atoms with Gasteiger partial charge in [0, 0.05) is 4.88 Å². The molecule has 4 heteroatoms. The molecule has 0 aliphatic carbocycles. The Labute approximate surface area is 102 Å². The van der Waals surface area contributed by atoms with Crippen molar-refractivity contribution in [1.82, 2.24) is 0 Å². The predicted molar refractivity (Wildman–Crippen MR) is 66.5 cm³/mol. The number of thiophene rings is 1. The van der Waals surface area contributed by atoms with E-state index in [1.807, 2.05) is 24.3 Å². The second-order valence-electron chi connectivity index (χ2n) is 3.44. The fraction of sp³-hybridized carbons (Fsp3) is 0.0833. The van der Waals surface area contributed by atoms with Crippen LogP contribution in [0.15, 0.2) is 30.3 Å². The number of carboxylic acid groups (broad SMARTS) is 1. The second kappa shape index (κ2) is 4.28. The number of benzene rings is 1. The molecular formula is C12H9ClO2S. The van der Waals surface area contributed by atoms with Gasteiger partial charge in [-0.25, -0.2) is 4.79 Å². The lowest BCUT2D eigenvalue weighted by molar-refractivity contribution is 0.0696. The van der Waals surface area contributed by atoms with Crippen LogP contribution in [-0.4, -0.2) is 11.1 Å². The normalized spacial score (nSPS) is 10.4. The van der Waals surface area contributed by atoms with Crippen LogP contribution in [-0.2, 0) is 0 Å². The lowest BCUT2D eigenvalue weighted by Gasteiger charge is -2.03. The summed E-state index contributed by atoms with van der Waals surface area (Å²) in [4.78, 5) is 12.0. The van der Waals surface area contributed by atoms with E-state index in [-0.39, 0.29) is 0 Å². The second-order valence-corrected chi connectivity index (χ2v) is 5.15. The van der Waals surface area contributed by atoms with Gasteiger partial charge in [0.05, 0.1) is 9.90 Å². The van der Waals surface area contributed by atoms with Crippen molar-refractivity contribution in [2.24, 2.45) is 0 Å². The van der Waals surface area contributed by atoms with Crippen LogP contribution in [0.1, 0.15) is 15.9 Å². The largest absolute Gasteiger partial charge is 0.478 e. The van der Waals surface area contributed by atoms with Crippen LogP contribution in [0, 0.1) is 6.92 Å². The van der Waals surface area contributed by atoms with Crippen LogP contribution in [0.2, 0.25) is 4.34 Å². The number of carboxylic acids is 1. The highest BCUT2D eigenvalue weighted by molar-refractivity contribution is 7.19. The van der Waals surface area contributed by atoms with Gasteiger partial charge in [-0.15, -0.1) is 11.3 Å². The molecule has 0 unspecified atom stereocenters. The molecule has 0 bridgehead atoms. The Bertz CT molecular complexity index is 546. The quantitative estimate of drug-likeness (QED) is 0.875. The van der Waals surface area contributed by atoms with Crippen LogP contribution < -0.4 is 0 Å². The first-order valence-corrected chi connectivity index (χ1v) is 5.87. The number of rotatable bonds is 2. The molecule has 0 saturated carbocycles. The molecule has 0 spiro atoms. The van der Waals surface area contributed by atoms with Gasteiger partial charge in [0.15, 0.2) is 0 Å². The van der Waals surface area contributed by atoms with Gasteiger partial charge in [0.25, 0.3) is 0 Å². The molecule has 1 heterocycles. The molecule has 0 fully saturated rings. The van der Waals surface area contributed by atoms with Crippen molar-refractivity contribution >= 4 is 28.9 Å². The average Bonchev–Trinajstić information content (AvgIpc) is 2.65. The summed E-state index contributed by atoms with van der Waals surface area (Å²) in [5.41, 5.74) is 1.99. The zero-order valence-electron chi connectivity index (χ0n) is 8.53. The number of aryl methyl sites for hydroxylation is 1.